The number of carbonyl (C=O) groups is 1. The number of amides is 1. The second-order valence-electron chi connectivity index (χ2n) is 4.61. The summed E-state index contributed by atoms with van der Waals surface area (Å²) in [6, 6.07) is 6.06. The molecule has 0 aromatic heterocycles. The molecule has 1 aromatic rings. The number of anilines is 1. The molecule has 0 aliphatic carbocycles. The van der Waals surface area contributed by atoms with Crippen LogP contribution in [0.5, 0.6) is 0 Å². The molecular formula is C13H19N3O3S. The molecular weight excluding hydrogens is 278 g/mol. The molecule has 1 unspecified atom stereocenters. The van der Waals surface area contributed by atoms with E-state index in [1.165, 1.54) is 4.31 Å². The molecule has 1 aromatic carbocycles. The number of hydrogen-bond acceptors (Lipinski definition) is 4. The molecule has 2 rings (SSSR count). The van der Waals surface area contributed by atoms with Crippen molar-refractivity contribution < 1.29 is 13.2 Å². The van der Waals surface area contributed by atoms with Crippen LogP contribution in [0, 0.1) is 0 Å². The Balaban J connectivity index is 2.42. The molecule has 1 aliphatic heterocycles. The summed E-state index contributed by atoms with van der Waals surface area (Å²) in [6.07, 6.45) is 0. The van der Waals surface area contributed by atoms with Gasteiger partial charge in [-0.15, -0.1) is 0 Å². The molecule has 0 radical (unpaired) electrons. The zero-order chi connectivity index (χ0) is 14.8. The minimum atomic E-state index is -3.69. The lowest BCUT2D eigenvalue weighted by atomic mass is 10.2. The lowest BCUT2D eigenvalue weighted by Gasteiger charge is -2.32. The maximum Gasteiger partial charge on any atom is 0.245 e. The third kappa shape index (κ3) is 2.64. The zero-order valence-electron chi connectivity index (χ0n) is 11.6. The van der Waals surface area contributed by atoms with E-state index in [0.717, 1.165) is 0 Å². The van der Waals surface area contributed by atoms with Gasteiger partial charge >= 0.3 is 0 Å². The van der Waals surface area contributed by atoms with Crippen molar-refractivity contribution in [2.24, 2.45) is 0 Å². The summed E-state index contributed by atoms with van der Waals surface area (Å²) in [5.74, 6) is -0.263. The Morgan fingerprint density at radius 3 is 2.80 bits per heavy atom. The van der Waals surface area contributed by atoms with Crippen molar-refractivity contribution in [3.8, 4) is 0 Å². The number of nitrogens with one attached hydrogen (secondary N) is 2. The fraction of sp³-hybridized carbons (Fsp3) is 0.462. The number of para-hydroxylation sites is 1. The standard InChI is InChI=1S/C13H19N3O3S/c1-3-14-11-6-4-5-7-12(11)20(18,19)16-9-8-15-13(17)10(16)2/h4-7,10,14H,3,8-9H2,1-2H3,(H,15,17). The maximum atomic E-state index is 12.7. The van der Waals surface area contributed by atoms with Crippen molar-refractivity contribution in [1.29, 1.82) is 0 Å². The van der Waals surface area contributed by atoms with Crippen LogP contribution in [0.25, 0.3) is 0 Å². The van der Waals surface area contributed by atoms with E-state index in [9.17, 15) is 13.2 Å². The largest absolute Gasteiger partial charge is 0.384 e. The highest BCUT2D eigenvalue weighted by atomic mass is 32.2. The molecule has 6 nitrogen and oxygen atoms in total. The van der Waals surface area contributed by atoms with Gasteiger partial charge in [0.1, 0.15) is 10.9 Å². The molecule has 1 heterocycles. The van der Waals surface area contributed by atoms with Gasteiger partial charge in [-0.3, -0.25) is 4.79 Å². The van der Waals surface area contributed by atoms with Gasteiger partial charge in [-0.1, -0.05) is 12.1 Å². The fourth-order valence-electron chi connectivity index (χ4n) is 2.24. The molecule has 20 heavy (non-hydrogen) atoms. The van der Waals surface area contributed by atoms with E-state index in [1.807, 2.05) is 6.92 Å². The Kier molecular flexibility index (Phi) is 4.29. The topological polar surface area (TPSA) is 78.5 Å². The van der Waals surface area contributed by atoms with Gasteiger partial charge in [0.2, 0.25) is 15.9 Å². The predicted molar refractivity (Wildman–Crippen MR) is 77.0 cm³/mol. The van der Waals surface area contributed by atoms with Gasteiger partial charge in [-0.25, -0.2) is 8.42 Å². The Morgan fingerprint density at radius 1 is 1.40 bits per heavy atom. The average Bonchev–Trinajstić information content (AvgIpc) is 2.42. The van der Waals surface area contributed by atoms with E-state index in [1.54, 1.807) is 31.2 Å². The highest BCUT2D eigenvalue weighted by Crippen LogP contribution is 2.26. The van der Waals surface area contributed by atoms with E-state index in [-0.39, 0.29) is 17.3 Å². The van der Waals surface area contributed by atoms with Crippen LogP contribution in [-0.4, -0.2) is 44.3 Å². The lowest BCUT2D eigenvalue weighted by molar-refractivity contribution is -0.126. The van der Waals surface area contributed by atoms with Crippen molar-refractivity contribution in [1.82, 2.24) is 9.62 Å². The van der Waals surface area contributed by atoms with Crippen molar-refractivity contribution in [3.05, 3.63) is 24.3 Å². The second-order valence-corrected chi connectivity index (χ2v) is 6.47. The van der Waals surface area contributed by atoms with Crippen molar-refractivity contribution in [2.75, 3.05) is 25.0 Å². The van der Waals surface area contributed by atoms with Crippen LogP contribution >= 0.6 is 0 Å². The minimum absolute atomic E-state index is 0.211. The molecule has 1 saturated heterocycles. The number of nitrogens with zero attached hydrogens (tertiary/aromatic N) is 1. The highest BCUT2D eigenvalue weighted by Gasteiger charge is 2.36. The molecule has 0 saturated carbocycles. The Bertz CT molecular complexity index is 601. The number of hydrogen-bond donors (Lipinski definition) is 2. The first-order valence-corrected chi connectivity index (χ1v) is 8.05. The first-order valence-electron chi connectivity index (χ1n) is 6.61. The van der Waals surface area contributed by atoms with Gasteiger partial charge in [0.05, 0.1) is 5.69 Å². The van der Waals surface area contributed by atoms with E-state index in [4.69, 9.17) is 0 Å². The summed E-state index contributed by atoms with van der Waals surface area (Å²) in [6.45, 7) is 4.76. The summed E-state index contributed by atoms with van der Waals surface area (Å²) in [7, 11) is -3.69. The molecule has 1 fully saturated rings. The summed E-state index contributed by atoms with van der Waals surface area (Å²) in [4.78, 5) is 11.9. The first kappa shape index (κ1) is 14.8. The Morgan fingerprint density at radius 2 is 2.10 bits per heavy atom. The summed E-state index contributed by atoms with van der Waals surface area (Å²) >= 11 is 0. The molecule has 0 bridgehead atoms. The quantitative estimate of drug-likeness (QED) is 0.854. The molecule has 1 amide bonds. The van der Waals surface area contributed by atoms with Crippen molar-refractivity contribution in [3.63, 3.8) is 0 Å². The van der Waals surface area contributed by atoms with Crippen LogP contribution in [0.1, 0.15) is 13.8 Å². The summed E-state index contributed by atoms with van der Waals surface area (Å²) < 4.78 is 26.7. The van der Waals surface area contributed by atoms with Gasteiger partial charge in [0.15, 0.2) is 0 Å². The fourth-order valence-corrected chi connectivity index (χ4v) is 4.01. The lowest BCUT2D eigenvalue weighted by Crippen LogP contribution is -2.55. The molecule has 7 heteroatoms. The summed E-state index contributed by atoms with van der Waals surface area (Å²) in [5.41, 5.74) is 0.563. The second kappa shape index (κ2) is 5.80. The van der Waals surface area contributed by atoms with Crippen LogP contribution in [-0.2, 0) is 14.8 Å². The van der Waals surface area contributed by atoms with Gasteiger partial charge < -0.3 is 10.6 Å². The molecule has 1 aliphatic rings. The third-order valence-corrected chi connectivity index (χ3v) is 5.31. The number of rotatable bonds is 4. The molecule has 2 N–H and O–H groups in total. The first-order chi connectivity index (χ1) is 9.48. The molecule has 110 valence electrons. The number of sulfonamides is 1. The van der Waals surface area contributed by atoms with Crippen molar-refractivity contribution >= 4 is 21.6 Å². The predicted octanol–water partition coefficient (Wildman–Crippen LogP) is 0.627. The number of piperazine rings is 1. The van der Waals surface area contributed by atoms with Crippen LogP contribution in [0.15, 0.2) is 29.2 Å². The van der Waals surface area contributed by atoms with E-state index in [0.29, 0.717) is 18.8 Å². The van der Waals surface area contributed by atoms with E-state index >= 15 is 0 Å². The van der Waals surface area contributed by atoms with Crippen LogP contribution in [0.3, 0.4) is 0 Å². The molecule has 1 atom stereocenters. The van der Waals surface area contributed by atoms with Gasteiger partial charge in [-0.05, 0) is 26.0 Å². The van der Waals surface area contributed by atoms with Gasteiger partial charge in [-0.2, -0.15) is 4.31 Å². The Labute approximate surface area is 119 Å². The van der Waals surface area contributed by atoms with Crippen LogP contribution in [0.2, 0.25) is 0 Å². The minimum Gasteiger partial charge on any atom is -0.384 e. The van der Waals surface area contributed by atoms with E-state index in [2.05, 4.69) is 10.6 Å². The van der Waals surface area contributed by atoms with Gasteiger partial charge in [0.25, 0.3) is 0 Å². The number of benzene rings is 1. The van der Waals surface area contributed by atoms with Crippen LogP contribution in [0.4, 0.5) is 5.69 Å². The smallest absolute Gasteiger partial charge is 0.245 e. The zero-order valence-corrected chi connectivity index (χ0v) is 12.4. The number of carbonyl (C=O) groups excluding carboxylic acids is 1. The normalized spacial score (nSPS) is 20.5. The highest BCUT2D eigenvalue weighted by molar-refractivity contribution is 7.89. The third-order valence-electron chi connectivity index (χ3n) is 3.28. The van der Waals surface area contributed by atoms with Crippen LogP contribution < -0.4 is 10.6 Å². The average molecular weight is 297 g/mol. The summed E-state index contributed by atoms with van der Waals surface area (Å²) in [5, 5.41) is 5.71. The Hall–Kier alpha value is -1.60. The van der Waals surface area contributed by atoms with Gasteiger partial charge in [0, 0.05) is 19.6 Å². The van der Waals surface area contributed by atoms with Crippen molar-refractivity contribution in [2.45, 2.75) is 24.8 Å². The maximum absolute atomic E-state index is 12.7. The molecule has 0 spiro atoms. The van der Waals surface area contributed by atoms with E-state index < -0.39 is 16.1 Å². The SMILES string of the molecule is CCNc1ccccc1S(=O)(=O)N1CCNC(=O)C1C. The monoisotopic (exact) mass is 297 g/mol.